The molecular weight excluding hydrogens is 322 g/mol. The summed E-state index contributed by atoms with van der Waals surface area (Å²) in [6.45, 7) is 3.71. The van der Waals surface area contributed by atoms with Crippen LogP contribution in [-0.4, -0.2) is 23.3 Å². The first-order valence-corrected chi connectivity index (χ1v) is 9.78. The third kappa shape index (κ3) is 3.69. The molecule has 0 saturated heterocycles. The van der Waals surface area contributed by atoms with E-state index in [0.29, 0.717) is 6.61 Å². The van der Waals surface area contributed by atoms with Gasteiger partial charge >= 0.3 is 0 Å². The van der Waals surface area contributed by atoms with Gasteiger partial charge in [-0.05, 0) is 61.1 Å². The second-order valence-corrected chi connectivity index (χ2v) is 7.18. The number of ether oxygens (including phenoxy) is 1. The lowest BCUT2D eigenvalue weighted by atomic mass is 9.89. The highest BCUT2D eigenvalue weighted by Gasteiger charge is 2.14. The Labute approximate surface area is 155 Å². The molecule has 0 amide bonds. The smallest absolute Gasteiger partial charge is 0.155 e. The molecule has 0 aliphatic heterocycles. The summed E-state index contributed by atoms with van der Waals surface area (Å²) in [7, 11) is 0. The number of anilines is 1. The van der Waals surface area contributed by atoms with Crippen LogP contribution >= 0.6 is 0 Å². The third-order valence-corrected chi connectivity index (χ3v) is 5.32. The molecule has 1 aromatic heterocycles. The zero-order chi connectivity index (χ0) is 17.8. The van der Waals surface area contributed by atoms with E-state index in [4.69, 9.17) is 4.74 Å². The van der Waals surface area contributed by atoms with Gasteiger partial charge in [0.2, 0.25) is 0 Å². The van der Waals surface area contributed by atoms with E-state index in [2.05, 4.69) is 45.8 Å². The molecule has 1 fully saturated rings. The summed E-state index contributed by atoms with van der Waals surface area (Å²) < 4.78 is 5.62. The Balaban J connectivity index is 1.52. The van der Waals surface area contributed by atoms with Gasteiger partial charge in [-0.1, -0.05) is 37.5 Å². The molecule has 0 unspecified atom stereocenters. The first-order chi connectivity index (χ1) is 12.8. The number of hydrogen-bond acceptors (Lipinski definition) is 3. The van der Waals surface area contributed by atoms with E-state index < -0.39 is 0 Å². The van der Waals surface area contributed by atoms with Crippen LogP contribution in [0.4, 0.5) is 5.82 Å². The zero-order valence-corrected chi connectivity index (χ0v) is 15.4. The Bertz CT molecular complexity index is 865. The average molecular weight is 349 g/mol. The van der Waals surface area contributed by atoms with Crippen molar-refractivity contribution < 1.29 is 4.74 Å². The highest BCUT2D eigenvalue weighted by atomic mass is 16.5. The largest absolute Gasteiger partial charge is 0.494 e. The van der Waals surface area contributed by atoms with E-state index in [1.165, 1.54) is 37.7 Å². The van der Waals surface area contributed by atoms with E-state index in [-0.39, 0.29) is 0 Å². The zero-order valence-electron chi connectivity index (χ0n) is 15.4. The average Bonchev–Trinajstić information content (AvgIpc) is 3.10. The molecule has 4 heteroatoms. The van der Waals surface area contributed by atoms with E-state index >= 15 is 0 Å². The Morgan fingerprint density at radius 1 is 1.08 bits per heavy atom. The van der Waals surface area contributed by atoms with Gasteiger partial charge in [0.05, 0.1) is 12.1 Å². The molecule has 2 aromatic carbocycles. The summed E-state index contributed by atoms with van der Waals surface area (Å²) in [5.74, 6) is 2.67. The van der Waals surface area contributed by atoms with Crippen LogP contribution < -0.4 is 10.1 Å². The standard InChI is InChI=1S/C22H27N3O/c1-2-26-19-10-6-9-17(13-19)18-11-12-20-21(14-18)24-25-22(20)23-15-16-7-4-3-5-8-16/h6,9-14,16H,2-5,7-8,15H2,1H3,(H2,23,24,25). The molecule has 1 saturated carbocycles. The Kier molecular flexibility index (Phi) is 5.09. The van der Waals surface area contributed by atoms with Gasteiger partial charge in [0.25, 0.3) is 0 Å². The molecule has 0 radical (unpaired) electrons. The van der Waals surface area contributed by atoms with Crippen molar-refractivity contribution in [1.29, 1.82) is 0 Å². The van der Waals surface area contributed by atoms with Crippen molar-refractivity contribution >= 4 is 16.7 Å². The molecular formula is C22H27N3O. The van der Waals surface area contributed by atoms with Crippen molar-refractivity contribution in [3.63, 3.8) is 0 Å². The van der Waals surface area contributed by atoms with Crippen LogP contribution in [-0.2, 0) is 0 Å². The Morgan fingerprint density at radius 3 is 2.77 bits per heavy atom. The van der Waals surface area contributed by atoms with Gasteiger partial charge in [-0.25, -0.2) is 0 Å². The Hall–Kier alpha value is -2.49. The fourth-order valence-corrected chi connectivity index (χ4v) is 3.90. The number of rotatable bonds is 6. The van der Waals surface area contributed by atoms with E-state index in [1.807, 2.05) is 19.1 Å². The predicted molar refractivity (Wildman–Crippen MR) is 108 cm³/mol. The highest BCUT2D eigenvalue weighted by molar-refractivity contribution is 5.92. The number of benzene rings is 2. The molecule has 0 bridgehead atoms. The molecule has 136 valence electrons. The fraction of sp³-hybridized carbons (Fsp3) is 0.409. The number of hydrogen-bond donors (Lipinski definition) is 2. The van der Waals surface area contributed by atoms with Crippen LogP contribution in [0.25, 0.3) is 22.0 Å². The topological polar surface area (TPSA) is 49.9 Å². The highest BCUT2D eigenvalue weighted by Crippen LogP contribution is 2.30. The Morgan fingerprint density at radius 2 is 1.92 bits per heavy atom. The fourth-order valence-electron chi connectivity index (χ4n) is 3.90. The molecule has 1 aliphatic carbocycles. The third-order valence-electron chi connectivity index (χ3n) is 5.32. The minimum absolute atomic E-state index is 0.680. The molecule has 0 atom stereocenters. The molecule has 3 aromatic rings. The van der Waals surface area contributed by atoms with Crippen LogP contribution in [0.5, 0.6) is 5.75 Å². The maximum absolute atomic E-state index is 5.62. The lowest BCUT2D eigenvalue weighted by Gasteiger charge is -2.21. The maximum Gasteiger partial charge on any atom is 0.155 e. The van der Waals surface area contributed by atoms with E-state index in [0.717, 1.165) is 40.5 Å². The monoisotopic (exact) mass is 349 g/mol. The first-order valence-electron chi connectivity index (χ1n) is 9.78. The summed E-state index contributed by atoms with van der Waals surface area (Å²) in [5, 5.41) is 12.4. The van der Waals surface area contributed by atoms with Crippen LogP contribution in [0.3, 0.4) is 0 Å². The lowest BCUT2D eigenvalue weighted by molar-refractivity contribution is 0.340. The van der Waals surface area contributed by atoms with Crippen molar-refractivity contribution in [1.82, 2.24) is 10.2 Å². The minimum Gasteiger partial charge on any atom is -0.494 e. The van der Waals surface area contributed by atoms with Crippen molar-refractivity contribution in [2.45, 2.75) is 39.0 Å². The summed E-state index contributed by atoms with van der Waals surface area (Å²) in [5.41, 5.74) is 3.39. The molecule has 2 N–H and O–H groups in total. The summed E-state index contributed by atoms with van der Waals surface area (Å²) in [6.07, 6.45) is 6.83. The van der Waals surface area contributed by atoms with Crippen LogP contribution in [0.1, 0.15) is 39.0 Å². The van der Waals surface area contributed by atoms with Crippen LogP contribution in [0.15, 0.2) is 42.5 Å². The predicted octanol–water partition coefficient (Wildman–Crippen LogP) is 5.62. The number of nitrogens with zero attached hydrogens (tertiary/aromatic N) is 1. The van der Waals surface area contributed by atoms with Gasteiger partial charge < -0.3 is 10.1 Å². The number of fused-ring (bicyclic) bond motifs is 1. The van der Waals surface area contributed by atoms with Gasteiger partial charge in [0.1, 0.15) is 5.75 Å². The molecule has 1 heterocycles. The SMILES string of the molecule is CCOc1cccc(-c2ccc3c(NCC4CCCCC4)n[nH]c3c2)c1. The van der Waals surface area contributed by atoms with Crippen molar-refractivity contribution in [2.75, 3.05) is 18.5 Å². The van der Waals surface area contributed by atoms with Gasteiger partial charge in [-0.3, -0.25) is 5.10 Å². The van der Waals surface area contributed by atoms with Crippen molar-refractivity contribution in [3.8, 4) is 16.9 Å². The van der Waals surface area contributed by atoms with Gasteiger partial charge in [-0.15, -0.1) is 0 Å². The van der Waals surface area contributed by atoms with E-state index in [1.54, 1.807) is 0 Å². The lowest BCUT2D eigenvalue weighted by Crippen LogP contribution is -2.17. The molecule has 26 heavy (non-hydrogen) atoms. The molecule has 4 nitrogen and oxygen atoms in total. The van der Waals surface area contributed by atoms with E-state index in [9.17, 15) is 0 Å². The minimum atomic E-state index is 0.680. The summed E-state index contributed by atoms with van der Waals surface area (Å²) in [4.78, 5) is 0. The van der Waals surface area contributed by atoms with Crippen LogP contribution in [0.2, 0.25) is 0 Å². The second-order valence-electron chi connectivity index (χ2n) is 7.18. The quantitative estimate of drug-likeness (QED) is 0.607. The van der Waals surface area contributed by atoms with Crippen molar-refractivity contribution in [3.05, 3.63) is 42.5 Å². The van der Waals surface area contributed by atoms with Crippen molar-refractivity contribution in [2.24, 2.45) is 5.92 Å². The molecule has 0 spiro atoms. The number of nitrogens with one attached hydrogen (secondary N) is 2. The number of H-pyrrole nitrogens is 1. The van der Waals surface area contributed by atoms with Crippen LogP contribution in [0, 0.1) is 5.92 Å². The van der Waals surface area contributed by atoms with Gasteiger partial charge in [0, 0.05) is 11.9 Å². The normalized spacial score (nSPS) is 15.3. The summed E-state index contributed by atoms with van der Waals surface area (Å²) >= 11 is 0. The van der Waals surface area contributed by atoms with Gasteiger partial charge in [0.15, 0.2) is 5.82 Å². The number of aromatic amines is 1. The first kappa shape index (κ1) is 17.0. The maximum atomic E-state index is 5.62. The second kappa shape index (κ2) is 7.81. The molecule has 1 aliphatic rings. The molecule has 4 rings (SSSR count). The summed E-state index contributed by atoms with van der Waals surface area (Å²) in [6, 6.07) is 14.7. The van der Waals surface area contributed by atoms with Gasteiger partial charge in [-0.2, -0.15) is 5.10 Å². The number of aromatic nitrogens is 2.